The molecule has 0 atom stereocenters. The highest BCUT2D eigenvalue weighted by Crippen LogP contribution is 2.18. The van der Waals surface area contributed by atoms with Crippen molar-refractivity contribution in [3.8, 4) is 0 Å². The number of carbonyl (C=O) groups is 1. The molecule has 20 heavy (non-hydrogen) atoms. The molecule has 2 aromatic heterocycles. The highest BCUT2D eigenvalue weighted by Gasteiger charge is 2.22. The van der Waals surface area contributed by atoms with E-state index in [1.165, 1.54) is 6.92 Å². The number of carboxylic acid groups (broad SMARTS) is 1. The average Bonchev–Trinajstić information content (AvgIpc) is 2.70. The van der Waals surface area contributed by atoms with E-state index in [1.807, 2.05) is 0 Å². The fourth-order valence-electron chi connectivity index (χ4n) is 1.82. The molecule has 8 nitrogen and oxygen atoms in total. The van der Waals surface area contributed by atoms with Gasteiger partial charge in [-0.25, -0.2) is 9.48 Å². The van der Waals surface area contributed by atoms with Crippen molar-refractivity contribution in [2.24, 2.45) is 0 Å². The Balaban J connectivity index is 2.60. The number of aliphatic hydroxyl groups is 1. The van der Waals surface area contributed by atoms with E-state index in [0.29, 0.717) is 0 Å². The number of aromatic carboxylic acids is 1. The second kappa shape index (κ2) is 4.71. The fraction of sp³-hybridized carbons (Fsp3) is 0.500. The monoisotopic (exact) mass is 281 g/mol. The van der Waals surface area contributed by atoms with Crippen LogP contribution in [0.3, 0.4) is 0 Å². The maximum Gasteiger partial charge on any atom is 0.357 e. The first-order valence-corrected chi connectivity index (χ1v) is 6.03. The van der Waals surface area contributed by atoms with Crippen molar-refractivity contribution in [1.82, 2.24) is 14.9 Å². The molecule has 2 rings (SSSR count). The molecule has 0 bridgehead atoms. The zero-order valence-electron chi connectivity index (χ0n) is 11.4. The Morgan fingerprint density at radius 3 is 2.65 bits per heavy atom. The highest BCUT2D eigenvalue weighted by molar-refractivity contribution is 6.00. The Bertz CT molecular complexity index is 723. The third kappa shape index (κ3) is 2.55. The van der Waals surface area contributed by atoms with Crippen LogP contribution in [-0.4, -0.2) is 36.7 Å². The number of rotatable bonds is 4. The Kier molecular flexibility index (Phi) is 3.34. The molecule has 0 unspecified atom stereocenters. The number of carboxylic acids is 1. The summed E-state index contributed by atoms with van der Waals surface area (Å²) < 4.78 is 5.86. The second-order valence-electron chi connectivity index (χ2n) is 5.21. The molecule has 0 saturated heterocycles. The minimum atomic E-state index is -1.27. The molecule has 2 heterocycles. The van der Waals surface area contributed by atoms with Gasteiger partial charge in [0, 0.05) is 6.54 Å². The average molecular weight is 281 g/mol. The van der Waals surface area contributed by atoms with Gasteiger partial charge in [0.05, 0.1) is 11.0 Å². The van der Waals surface area contributed by atoms with Crippen LogP contribution in [0.4, 0.5) is 0 Å². The first kappa shape index (κ1) is 14.2. The van der Waals surface area contributed by atoms with Gasteiger partial charge in [-0.1, -0.05) is 5.16 Å². The lowest BCUT2D eigenvalue weighted by Crippen LogP contribution is -2.30. The quantitative estimate of drug-likeness (QED) is 0.840. The summed E-state index contributed by atoms with van der Waals surface area (Å²) in [5, 5.41) is 26.4. The van der Waals surface area contributed by atoms with E-state index in [9.17, 15) is 19.8 Å². The number of hydrogen-bond acceptors (Lipinski definition) is 6. The van der Waals surface area contributed by atoms with Gasteiger partial charge < -0.3 is 14.7 Å². The lowest BCUT2D eigenvalue weighted by Gasteiger charge is -2.17. The number of hydrogen-bond donors (Lipinski definition) is 2. The predicted molar refractivity (Wildman–Crippen MR) is 68.7 cm³/mol. The van der Waals surface area contributed by atoms with Gasteiger partial charge in [0.25, 0.3) is 5.56 Å². The fourth-order valence-corrected chi connectivity index (χ4v) is 1.82. The number of nitrogens with zero attached hydrogens (tertiary/aromatic N) is 3. The second-order valence-corrected chi connectivity index (χ2v) is 5.21. The van der Waals surface area contributed by atoms with Crippen molar-refractivity contribution in [2.45, 2.75) is 39.3 Å². The van der Waals surface area contributed by atoms with Crippen LogP contribution in [0, 0.1) is 6.92 Å². The first-order chi connectivity index (χ1) is 9.20. The van der Waals surface area contributed by atoms with Gasteiger partial charge in [0.15, 0.2) is 11.2 Å². The normalized spacial score (nSPS) is 12.0. The zero-order valence-corrected chi connectivity index (χ0v) is 11.4. The van der Waals surface area contributed by atoms with Crippen LogP contribution in [0.2, 0.25) is 0 Å². The van der Waals surface area contributed by atoms with Crippen molar-refractivity contribution in [3.05, 3.63) is 21.8 Å². The number of aromatic nitrogens is 3. The maximum absolute atomic E-state index is 12.1. The predicted octanol–water partition coefficient (Wildman–Crippen LogP) is 0.552. The molecular formula is C12H15N3O5. The maximum atomic E-state index is 12.1. The topological polar surface area (TPSA) is 118 Å². The Hall–Kier alpha value is -2.22. The van der Waals surface area contributed by atoms with E-state index >= 15 is 0 Å². The van der Waals surface area contributed by atoms with E-state index in [2.05, 4.69) is 10.3 Å². The summed E-state index contributed by atoms with van der Waals surface area (Å²) in [6.45, 7) is 4.79. The number of aryl methyl sites for hydroxylation is 2. The van der Waals surface area contributed by atoms with Crippen molar-refractivity contribution < 1.29 is 19.5 Å². The molecular weight excluding hydrogens is 266 g/mol. The summed E-state index contributed by atoms with van der Waals surface area (Å²) in [4.78, 5) is 23.4. The third-order valence-corrected chi connectivity index (χ3v) is 2.90. The van der Waals surface area contributed by atoms with Crippen molar-refractivity contribution >= 4 is 16.9 Å². The molecule has 0 spiro atoms. The molecule has 0 saturated carbocycles. The number of fused-ring (bicyclic) bond motifs is 1. The minimum Gasteiger partial charge on any atom is -0.476 e. The third-order valence-electron chi connectivity index (χ3n) is 2.90. The molecule has 0 radical (unpaired) electrons. The van der Waals surface area contributed by atoms with Crippen LogP contribution in [0.5, 0.6) is 0 Å². The molecule has 0 aliphatic carbocycles. The Morgan fingerprint density at radius 2 is 2.10 bits per heavy atom. The summed E-state index contributed by atoms with van der Waals surface area (Å²) in [5.74, 6) is -1.03. The summed E-state index contributed by atoms with van der Waals surface area (Å²) >= 11 is 0. The largest absolute Gasteiger partial charge is 0.476 e. The summed E-state index contributed by atoms with van der Waals surface area (Å²) in [6.07, 6.45) is 0.251. The molecule has 0 aliphatic rings. The van der Waals surface area contributed by atoms with Crippen molar-refractivity contribution in [1.29, 1.82) is 0 Å². The van der Waals surface area contributed by atoms with Gasteiger partial charge in [-0.05, 0) is 27.2 Å². The zero-order chi connectivity index (χ0) is 15.1. The summed E-state index contributed by atoms with van der Waals surface area (Å²) in [6, 6.07) is 0. The molecule has 0 aromatic carbocycles. The molecule has 0 fully saturated rings. The molecule has 2 N–H and O–H groups in total. The Labute approximate surface area is 113 Å². The van der Waals surface area contributed by atoms with Crippen LogP contribution in [0.25, 0.3) is 10.9 Å². The van der Waals surface area contributed by atoms with E-state index in [-0.39, 0.29) is 35.3 Å². The van der Waals surface area contributed by atoms with E-state index in [0.717, 1.165) is 4.68 Å². The van der Waals surface area contributed by atoms with Gasteiger partial charge in [-0.3, -0.25) is 4.79 Å². The van der Waals surface area contributed by atoms with Crippen molar-refractivity contribution in [3.63, 3.8) is 0 Å². The van der Waals surface area contributed by atoms with Crippen LogP contribution >= 0.6 is 0 Å². The van der Waals surface area contributed by atoms with E-state index < -0.39 is 17.1 Å². The van der Waals surface area contributed by atoms with Crippen LogP contribution in [-0.2, 0) is 6.54 Å². The van der Waals surface area contributed by atoms with Crippen molar-refractivity contribution in [2.75, 3.05) is 0 Å². The van der Waals surface area contributed by atoms with Crippen LogP contribution < -0.4 is 5.56 Å². The first-order valence-electron chi connectivity index (χ1n) is 6.03. The van der Waals surface area contributed by atoms with E-state index in [1.54, 1.807) is 13.8 Å². The summed E-state index contributed by atoms with van der Waals surface area (Å²) in [5.41, 5.74) is -1.87. The summed E-state index contributed by atoms with van der Waals surface area (Å²) in [7, 11) is 0. The van der Waals surface area contributed by atoms with Gasteiger partial charge >= 0.3 is 5.97 Å². The lowest BCUT2D eigenvalue weighted by molar-refractivity contribution is 0.0642. The molecule has 0 aliphatic heterocycles. The van der Waals surface area contributed by atoms with Crippen LogP contribution in [0.1, 0.15) is 36.5 Å². The van der Waals surface area contributed by atoms with Crippen LogP contribution in [0.15, 0.2) is 9.32 Å². The minimum absolute atomic E-state index is 0.0642. The standard InChI is InChI=1S/C12H15N3O5/c1-6-7-8(14-20-6)10(16)15(5-4-12(2,3)19)13-9(7)11(17)18/h19H,4-5H2,1-3H3,(H,17,18). The van der Waals surface area contributed by atoms with E-state index in [4.69, 9.17) is 4.52 Å². The molecule has 8 heteroatoms. The van der Waals surface area contributed by atoms with Gasteiger partial charge in [0.1, 0.15) is 5.76 Å². The smallest absolute Gasteiger partial charge is 0.357 e. The Morgan fingerprint density at radius 1 is 1.45 bits per heavy atom. The molecule has 2 aromatic rings. The van der Waals surface area contributed by atoms with Gasteiger partial charge in [-0.2, -0.15) is 5.10 Å². The van der Waals surface area contributed by atoms with Gasteiger partial charge in [-0.15, -0.1) is 0 Å². The highest BCUT2D eigenvalue weighted by atomic mass is 16.5. The molecule has 0 amide bonds. The van der Waals surface area contributed by atoms with Gasteiger partial charge in [0.2, 0.25) is 0 Å². The molecule has 108 valence electrons. The SMILES string of the molecule is Cc1onc2c(=O)n(CCC(C)(C)O)nc(C(=O)O)c12. The lowest BCUT2D eigenvalue weighted by atomic mass is 10.1.